The molecule has 3 aliphatic carbocycles. The molecule has 2 amide bonds. The molecule has 342 valence electrons. The SMILES string of the molecule is O=C(C[C@@H](CCCC1CCCCC1)c1nc(CNC2CCCC2)co1)NOCc1ccccc1.O=Cc1coc([C@H](CCCC2CCCCC2)CC(=O)NOCc2ccccc2)n1. The van der Waals surface area contributed by atoms with Crippen LogP contribution in [0.5, 0.6) is 0 Å². The van der Waals surface area contributed by atoms with E-state index in [9.17, 15) is 14.4 Å². The zero-order valence-electron chi connectivity index (χ0n) is 37.3. The molecule has 2 aromatic carbocycles. The highest BCUT2D eigenvalue weighted by molar-refractivity contribution is 5.76. The van der Waals surface area contributed by atoms with Crippen LogP contribution in [0.1, 0.15) is 192 Å². The molecule has 3 aliphatic rings. The molecule has 0 bridgehead atoms. The Kier molecular flexibility index (Phi) is 20.9. The molecule has 63 heavy (non-hydrogen) atoms. The largest absolute Gasteiger partial charge is 0.448 e. The average Bonchev–Trinajstić information content (AvgIpc) is 4.13. The number of benzene rings is 2. The summed E-state index contributed by atoms with van der Waals surface area (Å²) in [7, 11) is 0. The Hall–Kier alpha value is -4.65. The molecule has 3 N–H and O–H groups in total. The van der Waals surface area contributed by atoms with Gasteiger partial charge in [-0.3, -0.25) is 24.1 Å². The van der Waals surface area contributed by atoms with Gasteiger partial charge in [0.15, 0.2) is 18.1 Å². The molecule has 2 heterocycles. The Labute approximate surface area is 374 Å². The van der Waals surface area contributed by atoms with Gasteiger partial charge in [0.2, 0.25) is 11.8 Å². The van der Waals surface area contributed by atoms with Crippen LogP contribution in [0.3, 0.4) is 0 Å². The van der Waals surface area contributed by atoms with E-state index in [1.54, 1.807) is 6.26 Å². The number of aromatic nitrogens is 2. The number of carbonyl (C=O) groups is 3. The highest BCUT2D eigenvalue weighted by atomic mass is 16.7. The van der Waals surface area contributed by atoms with Crippen LogP contribution in [0.4, 0.5) is 0 Å². The van der Waals surface area contributed by atoms with Crippen molar-refractivity contribution >= 4 is 18.1 Å². The molecular weight excluding hydrogens is 795 g/mol. The molecule has 0 aliphatic heterocycles. The highest BCUT2D eigenvalue weighted by Crippen LogP contribution is 2.33. The molecule has 3 saturated carbocycles. The van der Waals surface area contributed by atoms with Crippen molar-refractivity contribution in [3.05, 3.63) is 107 Å². The zero-order valence-corrected chi connectivity index (χ0v) is 37.3. The second kappa shape index (κ2) is 27.5. The summed E-state index contributed by atoms with van der Waals surface area (Å²) in [5.74, 6) is 2.25. The molecule has 2 aromatic heterocycles. The maximum atomic E-state index is 12.7. The summed E-state index contributed by atoms with van der Waals surface area (Å²) in [5, 5.41) is 3.60. The minimum absolute atomic E-state index is 0.0239. The van der Waals surface area contributed by atoms with Crippen molar-refractivity contribution in [2.75, 3.05) is 0 Å². The monoisotopic (exact) mass is 866 g/mol. The van der Waals surface area contributed by atoms with Crippen LogP contribution < -0.4 is 16.3 Å². The highest BCUT2D eigenvalue weighted by Gasteiger charge is 2.25. The van der Waals surface area contributed by atoms with E-state index in [0.29, 0.717) is 43.7 Å². The minimum Gasteiger partial charge on any atom is -0.448 e. The third-order valence-corrected chi connectivity index (χ3v) is 13.0. The second-order valence-corrected chi connectivity index (χ2v) is 18.0. The van der Waals surface area contributed by atoms with Gasteiger partial charge >= 0.3 is 0 Å². The number of oxazole rings is 2. The summed E-state index contributed by atoms with van der Waals surface area (Å²) >= 11 is 0. The van der Waals surface area contributed by atoms with Crippen molar-refractivity contribution in [2.24, 2.45) is 11.8 Å². The van der Waals surface area contributed by atoms with Gasteiger partial charge in [-0.2, -0.15) is 0 Å². The number of hydrogen-bond donors (Lipinski definition) is 3. The third-order valence-electron chi connectivity index (χ3n) is 13.0. The van der Waals surface area contributed by atoms with E-state index in [-0.39, 0.29) is 35.8 Å². The van der Waals surface area contributed by atoms with Crippen molar-refractivity contribution in [3.63, 3.8) is 0 Å². The van der Waals surface area contributed by atoms with Crippen LogP contribution in [-0.2, 0) is 39.0 Å². The summed E-state index contributed by atoms with van der Waals surface area (Å²) < 4.78 is 11.4. The Morgan fingerprint density at radius 3 is 1.60 bits per heavy atom. The van der Waals surface area contributed by atoms with E-state index in [4.69, 9.17) is 23.5 Å². The van der Waals surface area contributed by atoms with Crippen molar-refractivity contribution < 1.29 is 32.9 Å². The van der Waals surface area contributed by atoms with E-state index in [1.807, 2.05) is 60.7 Å². The summed E-state index contributed by atoms with van der Waals surface area (Å²) in [5.41, 5.74) is 8.34. The normalized spacial score (nSPS) is 17.1. The maximum absolute atomic E-state index is 12.7. The van der Waals surface area contributed by atoms with Crippen LogP contribution in [0.15, 0.2) is 82.0 Å². The van der Waals surface area contributed by atoms with Crippen molar-refractivity contribution in [1.29, 1.82) is 0 Å². The molecule has 0 saturated heterocycles. The first-order valence-corrected chi connectivity index (χ1v) is 24.0. The molecule has 12 heteroatoms. The lowest BCUT2D eigenvalue weighted by molar-refractivity contribution is -0.135. The maximum Gasteiger partial charge on any atom is 0.244 e. The summed E-state index contributed by atoms with van der Waals surface area (Å²) in [6, 6.07) is 20.1. The third kappa shape index (κ3) is 17.8. The number of hydrogen-bond acceptors (Lipinski definition) is 10. The number of aldehydes is 1. The van der Waals surface area contributed by atoms with Gasteiger partial charge in [-0.05, 0) is 48.6 Å². The second-order valence-electron chi connectivity index (χ2n) is 18.0. The van der Waals surface area contributed by atoms with Gasteiger partial charge in [0.05, 0.1) is 18.9 Å². The zero-order chi connectivity index (χ0) is 43.7. The van der Waals surface area contributed by atoms with Crippen LogP contribution in [0, 0.1) is 11.8 Å². The first-order chi connectivity index (χ1) is 31.0. The lowest BCUT2D eigenvalue weighted by Crippen LogP contribution is -2.26. The lowest BCUT2D eigenvalue weighted by Gasteiger charge is -2.22. The molecule has 0 unspecified atom stereocenters. The van der Waals surface area contributed by atoms with E-state index in [2.05, 4.69) is 21.3 Å². The quantitative estimate of drug-likeness (QED) is 0.0457. The summed E-state index contributed by atoms with van der Waals surface area (Å²) in [6.07, 6.45) is 29.2. The van der Waals surface area contributed by atoms with Crippen molar-refractivity contribution in [3.8, 4) is 0 Å². The van der Waals surface area contributed by atoms with E-state index < -0.39 is 0 Å². The smallest absolute Gasteiger partial charge is 0.244 e. The standard InChI is InChI=1S/C28H41N3O3.C23H30N2O4/c32-27(31-34-20-23-12-5-2-6-13-23)18-24(15-9-14-22-10-3-1-4-11-22)28-30-26(21-33-28)19-29-25-16-7-8-17-25;26-15-21-17-28-23(24-21)20(13-7-12-18-8-3-1-4-9-18)14-22(27)25-29-16-19-10-5-2-6-11-19/h2,5-6,12-13,21-22,24-25,29H,1,3-4,7-11,14-20H2,(H,31,32);2,5-6,10-11,15,17-18,20H,1,3-4,7-9,12-14,16H2,(H,25,27)/t24-;20-/m11/s1. The van der Waals surface area contributed by atoms with Gasteiger partial charge < -0.3 is 14.2 Å². The predicted octanol–water partition coefficient (Wildman–Crippen LogP) is 11.1. The minimum atomic E-state index is -0.213. The number of amides is 2. The number of nitrogens with one attached hydrogen (secondary N) is 3. The van der Waals surface area contributed by atoms with Gasteiger partial charge in [0.1, 0.15) is 18.2 Å². The van der Waals surface area contributed by atoms with Gasteiger partial charge in [-0.15, -0.1) is 0 Å². The fourth-order valence-electron chi connectivity index (χ4n) is 9.47. The van der Waals surface area contributed by atoms with Crippen LogP contribution in [0.25, 0.3) is 0 Å². The lowest BCUT2D eigenvalue weighted by atomic mass is 9.84. The van der Waals surface area contributed by atoms with Gasteiger partial charge in [0.25, 0.3) is 0 Å². The van der Waals surface area contributed by atoms with Crippen LogP contribution >= 0.6 is 0 Å². The Morgan fingerprint density at radius 1 is 0.635 bits per heavy atom. The van der Waals surface area contributed by atoms with Gasteiger partial charge in [-0.25, -0.2) is 20.9 Å². The fourth-order valence-corrected chi connectivity index (χ4v) is 9.47. The topological polar surface area (TPSA) is 158 Å². The molecule has 3 fully saturated rings. The number of carbonyl (C=O) groups excluding carboxylic acids is 3. The average molecular weight is 866 g/mol. The van der Waals surface area contributed by atoms with E-state index in [1.165, 1.54) is 109 Å². The first-order valence-electron chi connectivity index (χ1n) is 24.0. The van der Waals surface area contributed by atoms with Crippen LogP contribution in [0.2, 0.25) is 0 Å². The summed E-state index contributed by atoms with van der Waals surface area (Å²) in [6.45, 7) is 1.40. The Morgan fingerprint density at radius 2 is 1.11 bits per heavy atom. The van der Waals surface area contributed by atoms with E-state index in [0.717, 1.165) is 60.9 Å². The molecule has 4 aromatic rings. The molecule has 7 rings (SSSR count). The molecule has 12 nitrogen and oxygen atoms in total. The Bertz CT molecular complexity index is 1870. The fraction of sp³-hybridized carbons (Fsp3) is 0.588. The summed E-state index contributed by atoms with van der Waals surface area (Å²) in [4.78, 5) is 55.8. The molecule has 2 atom stereocenters. The number of hydroxylamine groups is 2. The van der Waals surface area contributed by atoms with Gasteiger partial charge in [0, 0.05) is 37.3 Å². The molecule has 0 radical (unpaired) electrons. The van der Waals surface area contributed by atoms with Gasteiger partial charge in [-0.1, -0.05) is 163 Å². The Balaban J connectivity index is 0.000000213. The van der Waals surface area contributed by atoms with Crippen molar-refractivity contribution in [1.82, 2.24) is 26.2 Å². The van der Waals surface area contributed by atoms with Crippen molar-refractivity contribution in [2.45, 2.75) is 179 Å². The van der Waals surface area contributed by atoms with E-state index >= 15 is 0 Å². The number of nitrogens with zero attached hydrogens (tertiary/aromatic N) is 2. The first kappa shape index (κ1) is 47.8. The predicted molar refractivity (Wildman–Crippen MR) is 242 cm³/mol. The van der Waals surface area contributed by atoms with Crippen LogP contribution in [-0.4, -0.2) is 34.1 Å². The number of rotatable bonds is 24. The molecule has 0 spiro atoms. The molecular formula is C51H71N5O7.